The number of carbonyl (C=O) groups is 1. The Bertz CT molecular complexity index is 715. The van der Waals surface area contributed by atoms with Crippen LogP contribution in [0.25, 0.3) is 0 Å². The number of piperidine rings is 1. The first kappa shape index (κ1) is 18.8. The SMILES string of the molecule is CCc1csc(CNc2ccc(C(=O)N3CCC[C@@H](COC)C3)cn2)n1. The Labute approximate surface area is 158 Å². The molecular formula is C19H26N4O2S. The normalized spacial score (nSPS) is 17.3. The lowest BCUT2D eigenvalue weighted by atomic mass is 9.98. The number of thiazole rings is 1. The van der Waals surface area contributed by atoms with Gasteiger partial charge in [-0.25, -0.2) is 9.97 Å². The van der Waals surface area contributed by atoms with Crippen LogP contribution in [0.2, 0.25) is 0 Å². The van der Waals surface area contributed by atoms with Crippen molar-refractivity contribution in [1.29, 1.82) is 0 Å². The number of anilines is 1. The van der Waals surface area contributed by atoms with Crippen LogP contribution in [-0.4, -0.2) is 47.6 Å². The lowest BCUT2D eigenvalue weighted by Gasteiger charge is -2.32. The Hall–Kier alpha value is -1.99. The maximum Gasteiger partial charge on any atom is 0.255 e. The molecule has 6 nitrogen and oxygen atoms in total. The number of hydrogen-bond donors (Lipinski definition) is 1. The van der Waals surface area contributed by atoms with E-state index in [1.807, 2.05) is 17.0 Å². The molecule has 1 aliphatic heterocycles. The molecule has 1 amide bonds. The van der Waals surface area contributed by atoms with Gasteiger partial charge >= 0.3 is 0 Å². The molecule has 0 radical (unpaired) electrons. The number of ether oxygens (including phenoxy) is 1. The molecular weight excluding hydrogens is 348 g/mol. The number of amides is 1. The first-order valence-electron chi connectivity index (χ1n) is 9.11. The fourth-order valence-corrected chi connectivity index (χ4v) is 4.00. The van der Waals surface area contributed by atoms with E-state index in [1.54, 1.807) is 24.6 Å². The maximum absolute atomic E-state index is 12.7. The van der Waals surface area contributed by atoms with Crippen molar-refractivity contribution in [2.45, 2.75) is 32.7 Å². The summed E-state index contributed by atoms with van der Waals surface area (Å²) < 4.78 is 5.24. The van der Waals surface area contributed by atoms with Crippen LogP contribution >= 0.6 is 11.3 Å². The Morgan fingerprint density at radius 2 is 2.35 bits per heavy atom. The van der Waals surface area contributed by atoms with E-state index in [0.717, 1.165) is 48.9 Å². The summed E-state index contributed by atoms with van der Waals surface area (Å²) in [5, 5.41) is 6.39. The standard InChI is InChI=1S/C19H26N4O2S/c1-3-16-13-26-18(22-16)10-21-17-7-6-15(9-20-17)19(24)23-8-4-5-14(11-23)12-25-2/h6-7,9,13-14H,3-5,8,10-12H2,1-2H3,(H,20,21)/t14-/m1/s1. The highest BCUT2D eigenvalue weighted by Crippen LogP contribution is 2.19. The number of nitrogens with zero attached hydrogens (tertiary/aromatic N) is 3. The third-order valence-electron chi connectivity index (χ3n) is 4.60. The van der Waals surface area contributed by atoms with Crippen LogP contribution in [0.4, 0.5) is 5.82 Å². The van der Waals surface area contributed by atoms with Crippen molar-refractivity contribution in [1.82, 2.24) is 14.9 Å². The van der Waals surface area contributed by atoms with Gasteiger partial charge in [0.15, 0.2) is 0 Å². The van der Waals surface area contributed by atoms with E-state index in [1.165, 1.54) is 0 Å². The van der Waals surface area contributed by atoms with Gasteiger partial charge in [0.25, 0.3) is 5.91 Å². The van der Waals surface area contributed by atoms with Crippen LogP contribution in [0.5, 0.6) is 0 Å². The lowest BCUT2D eigenvalue weighted by molar-refractivity contribution is 0.0570. The summed E-state index contributed by atoms with van der Waals surface area (Å²) in [5.41, 5.74) is 1.75. The molecule has 2 aromatic heterocycles. The fourth-order valence-electron chi connectivity index (χ4n) is 3.19. The van der Waals surface area contributed by atoms with Gasteiger partial charge < -0.3 is 15.0 Å². The number of rotatable bonds is 7. The Morgan fingerprint density at radius 1 is 1.46 bits per heavy atom. The minimum absolute atomic E-state index is 0.0531. The highest BCUT2D eigenvalue weighted by atomic mass is 32.1. The third-order valence-corrected chi connectivity index (χ3v) is 5.50. The van der Waals surface area contributed by atoms with Gasteiger partial charge in [0.05, 0.1) is 24.4 Å². The molecule has 7 heteroatoms. The number of methoxy groups -OCH3 is 1. The summed E-state index contributed by atoms with van der Waals surface area (Å²) >= 11 is 1.65. The minimum atomic E-state index is 0.0531. The molecule has 2 aromatic rings. The van der Waals surface area contributed by atoms with Crippen LogP contribution in [0.15, 0.2) is 23.7 Å². The van der Waals surface area contributed by atoms with Gasteiger partial charge in [-0.3, -0.25) is 4.79 Å². The Balaban J connectivity index is 1.55. The largest absolute Gasteiger partial charge is 0.384 e. The monoisotopic (exact) mass is 374 g/mol. The average molecular weight is 375 g/mol. The smallest absolute Gasteiger partial charge is 0.255 e. The topological polar surface area (TPSA) is 67.4 Å². The Morgan fingerprint density at radius 3 is 3.04 bits per heavy atom. The molecule has 0 spiro atoms. The molecule has 3 heterocycles. The Kier molecular flexibility index (Phi) is 6.57. The quantitative estimate of drug-likeness (QED) is 0.806. The predicted octanol–water partition coefficient (Wildman–Crippen LogP) is 3.21. The van der Waals surface area contributed by atoms with E-state index in [2.05, 4.69) is 27.6 Å². The van der Waals surface area contributed by atoms with Crippen LogP contribution in [-0.2, 0) is 17.7 Å². The fraction of sp³-hybridized carbons (Fsp3) is 0.526. The number of likely N-dealkylation sites (tertiary alicyclic amines) is 1. The number of nitrogens with one attached hydrogen (secondary N) is 1. The second-order valence-electron chi connectivity index (χ2n) is 6.59. The predicted molar refractivity (Wildman–Crippen MR) is 104 cm³/mol. The maximum atomic E-state index is 12.7. The van der Waals surface area contributed by atoms with E-state index in [-0.39, 0.29) is 5.91 Å². The molecule has 1 saturated heterocycles. The summed E-state index contributed by atoms with van der Waals surface area (Å²) in [6.07, 6.45) is 4.76. The van der Waals surface area contributed by atoms with Crippen LogP contribution in [0, 0.1) is 5.92 Å². The summed E-state index contributed by atoms with van der Waals surface area (Å²) in [7, 11) is 1.71. The second kappa shape index (κ2) is 9.09. The lowest BCUT2D eigenvalue weighted by Crippen LogP contribution is -2.41. The van der Waals surface area contributed by atoms with E-state index < -0.39 is 0 Å². The van der Waals surface area contributed by atoms with Crippen LogP contribution in [0.3, 0.4) is 0 Å². The first-order chi connectivity index (χ1) is 12.7. The zero-order chi connectivity index (χ0) is 18.4. The van der Waals surface area contributed by atoms with Crippen molar-refractivity contribution in [3.8, 4) is 0 Å². The molecule has 0 unspecified atom stereocenters. The molecule has 0 bridgehead atoms. The average Bonchev–Trinajstić information content (AvgIpc) is 3.15. The van der Waals surface area contributed by atoms with Gasteiger partial charge in [-0.2, -0.15) is 0 Å². The van der Waals surface area contributed by atoms with Gasteiger partial charge in [0.2, 0.25) is 0 Å². The van der Waals surface area contributed by atoms with Gasteiger partial charge in [-0.1, -0.05) is 6.92 Å². The molecule has 1 atom stereocenters. The van der Waals surface area contributed by atoms with Crippen molar-refractivity contribution in [3.05, 3.63) is 40.0 Å². The van der Waals surface area contributed by atoms with Gasteiger partial charge in [0, 0.05) is 31.8 Å². The van der Waals surface area contributed by atoms with Gasteiger partial charge in [0.1, 0.15) is 10.8 Å². The zero-order valence-corrected chi connectivity index (χ0v) is 16.2. The second-order valence-corrected chi connectivity index (χ2v) is 7.53. The molecule has 3 rings (SSSR count). The van der Waals surface area contributed by atoms with Crippen molar-refractivity contribution >= 4 is 23.1 Å². The van der Waals surface area contributed by atoms with Crippen molar-refractivity contribution in [3.63, 3.8) is 0 Å². The van der Waals surface area contributed by atoms with Crippen molar-refractivity contribution in [2.24, 2.45) is 5.92 Å². The highest BCUT2D eigenvalue weighted by Gasteiger charge is 2.24. The van der Waals surface area contributed by atoms with Gasteiger partial charge in [-0.15, -0.1) is 11.3 Å². The van der Waals surface area contributed by atoms with Crippen LogP contribution < -0.4 is 5.32 Å². The summed E-state index contributed by atoms with van der Waals surface area (Å²) in [5.74, 6) is 1.24. The third kappa shape index (κ3) is 4.80. The number of aryl methyl sites for hydroxylation is 1. The minimum Gasteiger partial charge on any atom is -0.384 e. The zero-order valence-electron chi connectivity index (χ0n) is 15.4. The number of aromatic nitrogens is 2. The molecule has 140 valence electrons. The van der Waals surface area contributed by atoms with E-state index in [0.29, 0.717) is 24.6 Å². The molecule has 1 N–H and O–H groups in total. The van der Waals surface area contributed by atoms with E-state index >= 15 is 0 Å². The van der Waals surface area contributed by atoms with Crippen molar-refractivity contribution < 1.29 is 9.53 Å². The number of hydrogen-bond acceptors (Lipinski definition) is 6. The summed E-state index contributed by atoms with van der Waals surface area (Å²) in [6.45, 7) is 5.03. The first-order valence-corrected chi connectivity index (χ1v) is 9.99. The van der Waals surface area contributed by atoms with E-state index in [4.69, 9.17) is 4.74 Å². The highest BCUT2D eigenvalue weighted by molar-refractivity contribution is 7.09. The van der Waals surface area contributed by atoms with Crippen molar-refractivity contribution in [2.75, 3.05) is 32.1 Å². The molecule has 0 aliphatic carbocycles. The molecule has 0 saturated carbocycles. The molecule has 0 aromatic carbocycles. The van der Waals surface area contributed by atoms with Crippen LogP contribution in [0.1, 0.15) is 40.8 Å². The summed E-state index contributed by atoms with van der Waals surface area (Å²) in [4.78, 5) is 23.5. The summed E-state index contributed by atoms with van der Waals surface area (Å²) in [6, 6.07) is 3.70. The molecule has 26 heavy (non-hydrogen) atoms. The van der Waals surface area contributed by atoms with Gasteiger partial charge in [-0.05, 0) is 37.3 Å². The van der Waals surface area contributed by atoms with E-state index in [9.17, 15) is 4.79 Å². The number of carbonyl (C=O) groups excluding carboxylic acids is 1. The number of pyridine rings is 1. The molecule has 1 aliphatic rings. The molecule has 1 fully saturated rings.